The first-order valence-corrected chi connectivity index (χ1v) is 4.20. The lowest BCUT2D eigenvalue weighted by molar-refractivity contribution is 1.05. The van der Waals surface area contributed by atoms with Crippen molar-refractivity contribution in [1.29, 1.82) is 0 Å². The second kappa shape index (κ2) is 5.55. The maximum absolute atomic E-state index is 5.71. The van der Waals surface area contributed by atoms with E-state index in [2.05, 4.69) is 12.2 Å². The van der Waals surface area contributed by atoms with Crippen LogP contribution >= 0.6 is 11.6 Å². The minimum Gasteiger partial charge on any atom is -0.0892 e. The standard InChI is InChI=1S/C7H9Cl.C2H6/c1-6(8)7-4-2-3-5-7;1-2/h2,4H,3,5H2,1H3;1-2H3/b7-6+;. The zero-order chi connectivity index (χ0) is 7.98. The van der Waals surface area contributed by atoms with Crippen molar-refractivity contribution in [2.45, 2.75) is 33.6 Å². The molecule has 0 atom stereocenters. The lowest BCUT2D eigenvalue weighted by Crippen LogP contribution is -1.70. The molecule has 0 nitrogen and oxygen atoms in total. The topological polar surface area (TPSA) is 0 Å². The summed E-state index contributed by atoms with van der Waals surface area (Å²) in [4.78, 5) is 0. The Bertz CT molecular complexity index is 139. The summed E-state index contributed by atoms with van der Waals surface area (Å²) in [6, 6.07) is 0. The Morgan fingerprint density at radius 1 is 1.50 bits per heavy atom. The molecule has 0 aromatic rings. The van der Waals surface area contributed by atoms with Gasteiger partial charge in [-0.1, -0.05) is 37.6 Å². The van der Waals surface area contributed by atoms with Gasteiger partial charge in [-0.2, -0.15) is 0 Å². The average molecular weight is 159 g/mol. The average Bonchev–Trinajstić information content (AvgIpc) is 2.42. The lowest BCUT2D eigenvalue weighted by Gasteiger charge is -1.91. The molecule has 0 aliphatic heterocycles. The van der Waals surface area contributed by atoms with Gasteiger partial charge in [-0.05, 0) is 25.3 Å². The zero-order valence-electron chi connectivity index (χ0n) is 6.95. The third-order valence-corrected chi connectivity index (χ3v) is 1.58. The van der Waals surface area contributed by atoms with E-state index >= 15 is 0 Å². The summed E-state index contributed by atoms with van der Waals surface area (Å²) >= 11 is 5.71. The summed E-state index contributed by atoms with van der Waals surface area (Å²) in [7, 11) is 0. The summed E-state index contributed by atoms with van der Waals surface area (Å²) in [6.07, 6.45) is 6.55. The Morgan fingerprint density at radius 3 is 2.30 bits per heavy atom. The van der Waals surface area contributed by atoms with Gasteiger partial charge < -0.3 is 0 Å². The Morgan fingerprint density at radius 2 is 2.10 bits per heavy atom. The molecule has 58 valence electrons. The molecule has 1 rings (SSSR count). The first kappa shape index (κ1) is 9.77. The van der Waals surface area contributed by atoms with Gasteiger partial charge >= 0.3 is 0 Å². The highest BCUT2D eigenvalue weighted by Crippen LogP contribution is 2.21. The molecule has 10 heavy (non-hydrogen) atoms. The highest BCUT2D eigenvalue weighted by atomic mass is 35.5. The summed E-state index contributed by atoms with van der Waals surface area (Å²) in [6.45, 7) is 5.94. The van der Waals surface area contributed by atoms with Crippen LogP contribution < -0.4 is 0 Å². The Hall–Kier alpha value is -0.230. The molecular weight excluding hydrogens is 144 g/mol. The fourth-order valence-electron chi connectivity index (χ4n) is 0.835. The van der Waals surface area contributed by atoms with Crippen molar-refractivity contribution in [1.82, 2.24) is 0 Å². The van der Waals surface area contributed by atoms with Crippen molar-refractivity contribution in [2.24, 2.45) is 0 Å². The largest absolute Gasteiger partial charge is 0.0892 e. The van der Waals surface area contributed by atoms with Gasteiger partial charge in [-0.25, -0.2) is 0 Å². The number of rotatable bonds is 0. The third kappa shape index (κ3) is 3.07. The maximum atomic E-state index is 5.71. The van der Waals surface area contributed by atoms with E-state index in [1.165, 1.54) is 12.0 Å². The van der Waals surface area contributed by atoms with E-state index in [0.29, 0.717) is 0 Å². The van der Waals surface area contributed by atoms with Gasteiger partial charge in [0.25, 0.3) is 0 Å². The van der Waals surface area contributed by atoms with Crippen LogP contribution in [0.4, 0.5) is 0 Å². The number of hydrogen-bond donors (Lipinski definition) is 0. The van der Waals surface area contributed by atoms with Crippen LogP contribution in [0.15, 0.2) is 22.8 Å². The zero-order valence-corrected chi connectivity index (χ0v) is 7.70. The molecule has 0 radical (unpaired) electrons. The van der Waals surface area contributed by atoms with Gasteiger partial charge in [0.15, 0.2) is 0 Å². The molecule has 0 heterocycles. The van der Waals surface area contributed by atoms with Crippen LogP contribution in [0.2, 0.25) is 0 Å². The molecule has 0 amide bonds. The maximum Gasteiger partial charge on any atom is 0.0181 e. The van der Waals surface area contributed by atoms with Crippen molar-refractivity contribution >= 4 is 11.6 Å². The van der Waals surface area contributed by atoms with Crippen molar-refractivity contribution in [3.05, 3.63) is 22.8 Å². The molecule has 0 saturated heterocycles. The van der Waals surface area contributed by atoms with Crippen LogP contribution in [0.3, 0.4) is 0 Å². The predicted octanol–water partition coefficient (Wildman–Crippen LogP) is 3.88. The molecule has 0 unspecified atom stereocenters. The second-order valence-corrected chi connectivity index (χ2v) is 2.57. The predicted molar refractivity (Wildman–Crippen MR) is 48.3 cm³/mol. The Balaban J connectivity index is 0.000000371. The molecular formula is C9H15Cl. The molecule has 1 heteroatoms. The number of allylic oxidation sites excluding steroid dienone is 4. The quantitative estimate of drug-likeness (QED) is 0.502. The SMILES string of the molecule is C/C(Cl)=C1/C=CCC1.CC. The summed E-state index contributed by atoms with van der Waals surface area (Å²) in [5.41, 5.74) is 1.30. The molecule has 0 fully saturated rings. The first-order valence-electron chi connectivity index (χ1n) is 3.82. The number of hydrogen-bond acceptors (Lipinski definition) is 0. The molecule has 0 N–H and O–H groups in total. The fraction of sp³-hybridized carbons (Fsp3) is 0.556. The monoisotopic (exact) mass is 158 g/mol. The van der Waals surface area contributed by atoms with E-state index in [-0.39, 0.29) is 0 Å². The van der Waals surface area contributed by atoms with Crippen LogP contribution in [0.1, 0.15) is 33.6 Å². The van der Waals surface area contributed by atoms with Crippen LogP contribution in [0, 0.1) is 0 Å². The van der Waals surface area contributed by atoms with Crippen LogP contribution in [0.5, 0.6) is 0 Å². The molecule has 0 aromatic heterocycles. The summed E-state index contributed by atoms with van der Waals surface area (Å²) in [5.74, 6) is 0. The highest BCUT2D eigenvalue weighted by molar-refractivity contribution is 6.29. The first-order chi connectivity index (χ1) is 4.80. The van der Waals surface area contributed by atoms with Crippen molar-refractivity contribution in [2.75, 3.05) is 0 Å². The summed E-state index contributed by atoms with van der Waals surface area (Å²) < 4.78 is 0. The van der Waals surface area contributed by atoms with Gasteiger partial charge in [0, 0.05) is 5.03 Å². The normalized spacial score (nSPS) is 20.0. The highest BCUT2D eigenvalue weighted by Gasteiger charge is 2.00. The smallest absolute Gasteiger partial charge is 0.0181 e. The van der Waals surface area contributed by atoms with Crippen LogP contribution in [-0.4, -0.2) is 0 Å². The lowest BCUT2D eigenvalue weighted by atomic mass is 10.2. The van der Waals surface area contributed by atoms with Gasteiger partial charge in [0.1, 0.15) is 0 Å². The molecule has 0 saturated carbocycles. The van der Waals surface area contributed by atoms with E-state index in [9.17, 15) is 0 Å². The van der Waals surface area contributed by atoms with E-state index in [0.717, 1.165) is 11.5 Å². The summed E-state index contributed by atoms with van der Waals surface area (Å²) in [5, 5.41) is 0.943. The fourth-order valence-corrected chi connectivity index (χ4v) is 0.992. The van der Waals surface area contributed by atoms with Gasteiger partial charge in [0.05, 0.1) is 0 Å². The number of halogens is 1. The van der Waals surface area contributed by atoms with Crippen molar-refractivity contribution in [3.8, 4) is 0 Å². The Kier molecular flexibility index (Phi) is 5.42. The van der Waals surface area contributed by atoms with Crippen LogP contribution in [-0.2, 0) is 0 Å². The third-order valence-electron chi connectivity index (χ3n) is 1.34. The van der Waals surface area contributed by atoms with E-state index < -0.39 is 0 Å². The molecule has 0 aromatic carbocycles. The van der Waals surface area contributed by atoms with Crippen molar-refractivity contribution in [3.63, 3.8) is 0 Å². The van der Waals surface area contributed by atoms with E-state index in [1.54, 1.807) is 0 Å². The Labute approximate surface area is 68.6 Å². The van der Waals surface area contributed by atoms with Gasteiger partial charge in [0.2, 0.25) is 0 Å². The second-order valence-electron chi connectivity index (χ2n) is 2.00. The molecule has 0 bridgehead atoms. The van der Waals surface area contributed by atoms with Crippen molar-refractivity contribution < 1.29 is 0 Å². The molecule has 0 spiro atoms. The molecule has 1 aliphatic carbocycles. The minimum absolute atomic E-state index is 0.943. The van der Waals surface area contributed by atoms with E-state index in [1.807, 2.05) is 20.8 Å². The van der Waals surface area contributed by atoms with Gasteiger partial charge in [-0.15, -0.1) is 0 Å². The van der Waals surface area contributed by atoms with E-state index in [4.69, 9.17) is 11.6 Å². The minimum atomic E-state index is 0.943. The van der Waals surface area contributed by atoms with Gasteiger partial charge in [-0.3, -0.25) is 0 Å². The molecule has 1 aliphatic rings. The van der Waals surface area contributed by atoms with Crippen LogP contribution in [0.25, 0.3) is 0 Å².